The maximum absolute atomic E-state index is 11.5. The van der Waals surface area contributed by atoms with Gasteiger partial charge in [-0.1, -0.05) is 0 Å². The molecule has 2 aliphatic heterocycles. The molecule has 0 saturated carbocycles. The molecule has 0 unspecified atom stereocenters. The SMILES string of the molecule is COc1ccc(-c2ccc(CN3CCC4(CC3)CNC(=O)CCO4)o2)cc1. The Labute approximate surface area is 159 Å². The van der Waals surface area contributed by atoms with E-state index in [0.29, 0.717) is 19.6 Å². The van der Waals surface area contributed by atoms with E-state index in [0.717, 1.165) is 55.3 Å². The van der Waals surface area contributed by atoms with Gasteiger partial charge in [-0.3, -0.25) is 9.69 Å². The van der Waals surface area contributed by atoms with Crippen molar-refractivity contribution in [3.05, 3.63) is 42.2 Å². The number of rotatable bonds is 4. The number of carbonyl (C=O) groups is 1. The number of methoxy groups -OCH3 is 1. The minimum absolute atomic E-state index is 0.0935. The van der Waals surface area contributed by atoms with Crippen molar-refractivity contribution in [3.8, 4) is 17.1 Å². The van der Waals surface area contributed by atoms with Gasteiger partial charge in [-0.15, -0.1) is 0 Å². The summed E-state index contributed by atoms with van der Waals surface area (Å²) in [6.07, 6.45) is 2.32. The number of nitrogens with one attached hydrogen (secondary N) is 1. The van der Waals surface area contributed by atoms with Crippen molar-refractivity contribution < 1.29 is 18.7 Å². The van der Waals surface area contributed by atoms with Crippen LogP contribution in [0.5, 0.6) is 5.75 Å². The third-order valence-electron chi connectivity index (χ3n) is 5.53. The monoisotopic (exact) mass is 370 g/mol. The lowest BCUT2D eigenvalue weighted by Crippen LogP contribution is -2.50. The van der Waals surface area contributed by atoms with Crippen LogP contribution in [0.15, 0.2) is 40.8 Å². The normalized spacial score (nSPS) is 20.3. The summed E-state index contributed by atoms with van der Waals surface area (Å²) in [5.74, 6) is 2.77. The van der Waals surface area contributed by atoms with Crippen molar-refractivity contribution in [2.45, 2.75) is 31.4 Å². The highest BCUT2D eigenvalue weighted by Gasteiger charge is 2.37. The maximum atomic E-state index is 11.5. The number of carbonyl (C=O) groups excluding carboxylic acids is 1. The Morgan fingerprint density at radius 3 is 2.67 bits per heavy atom. The number of benzene rings is 1. The fourth-order valence-corrected chi connectivity index (χ4v) is 3.79. The van der Waals surface area contributed by atoms with Gasteiger partial charge in [0.15, 0.2) is 0 Å². The van der Waals surface area contributed by atoms with Gasteiger partial charge in [0.2, 0.25) is 5.91 Å². The van der Waals surface area contributed by atoms with Crippen LogP contribution in [0.4, 0.5) is 0 Å². The van der Waals surface area contributed by atoms with Gasteiger partial charge in [-0.2, -0.15) is 0 Å². The lowest BCUT2D eigenvalue weighted by molar-refractivity contribution is -0.120. The van der Waals surface area contributed by atoms with Gasteiger partial charge in [0, 0.05) is 31.6 Å². The van der Waals surface area contributed by atoms with Crippen molar-refractivity contribution in [3.63, 3.8) is 0 Å². The van der Waals surface area contributed by atoms with Crippen LogP contribution in [0.2, 0.25) is 0 Å². The minimum Gasteiger partial charge on any atom is -0.497 e. The lowest BCUT2D eigenvalue weighted by atomic mass is 9.91. The highest BCUT2D eigenvalue weighted by Crippen LogP contribution is 2.29. The topological polar surface area (TPSA) is 63.9 Å². The molecule has 2 aromatic rings. The van der Waals surface area contributed by atoms with Crippen LogP contribution in [-0.2, 0) is 16.1 Å². The molecule has 27 heavy (non-hydrogen) atoms. The molecule has 6 nitrogen and oxygen atoms in total. The molecule has 2 aliphatic rings. The summed E-state index contributed by atoms with van der Waals surface area (Å²) in [6, 6.07) is 12.0. The third-order valence-corrected chi connectivity index (χ3v) is 5.53. The Bertz CT molecular complexity index is 776. The molecule has 0 atom stereocenters. The molecule has 0 radical (unpaired) electrons. The highest BCUT2D eigenvalue weighted by molar-refractivity contribution is 5.76. The van der Waals surface area contributed by atoms with E-state index < -0.39 is 0 Å². The van der Waals surface area contributed by atoms with E-state index >= 15 is 0 Å². The molecule has 144 valence electrons. The zero-order valence-electron chi connectivity index (χ0n) is 15.7. The van der Waals surface area contributed by atoms with Crippen LogP contribution in [0.1, 0.15) is 25.0 Å². The van der Waals surface area contributed by atoms with Gasteiger partial charge in [0.1, 0.15) is 17.3 Å². The third kappa shape index (κ3) is 4.17. The number of piperidine rings is 1. The summed E-state index contributed by atoms with van der Waals surface area (Å²) in [5, 5.41) is 2.99. The number of nitrogens with zero attached hydrogens (tertiary/aromatic N) is 1. The molecule has 1 aromatic heterocycles. The van der Waals surface area contributed by atoms with Crippen molar-refractivity contribution in [2.75, 3.05) is 33.4 Å². The molecule has 1 amide bonds. The van der Waals surface area contributed by atoms with Crippen LogP contribution < -0.4 is 10.1 Å². The first-order chi connectivity index (χ1) is 13.2. The van der Waals surface area contributed by atoms with Crippen molar-refractivity contribution >= 4 is 5.91 Å². The maximum Gasteiger partial charge on any atom is 0.222 e. The predicted octanol–water partition coefficient (Wildman–Crippen LogP) is 2.83. The number of likely N-dealkylation sites (tertiary alicyclic amines) is 1. The molecule has 1 aromatic carbocycles. The molecule has 2 fully saturated rings. The molecule has 1 N–H and O–H groups in total. The second kappa shape index (κ2) is 7.74. The zero-order valence-corrected chi connectivity index (χ0v) is 15.7. The number of amides is 1. The van der Waals surface area contributed by atoms with Crippen LogP contribution in [-0.4, -0.2) is 49.8 Å². The molecule has 1 spiro atoms. The van der Waals surface area contributed by atoms with Gasteiger partial charge in [0.05, 0.1) is 25.9 Å². The van der Waals surface area contributed by atoms with E-state index in [2.05, 4.69) is 10.2 Å². The second-order valence-electron chi connectivity index (χ2n) is 7.33. The van der Waals surface area contributed by atoms with Crippen molar-refractivity contribution in [1.82, 2.24) is 10.2 Å². The van der Waals surface area contributed by atoms with Crippen LogP contribution in [0, 0.1) is 0 Å². The van der Waals surface area contributed by atoms with Gasteiger partial charge < -0.3 is 19.2 Å². The minimum atomic E-state index is -0.194. The smallest absolute Gasteiger partial charge is 0.222 e. The van der Waals surface area contributed by atoms with Crippen LogP contribution in [0.3, 0.4) is 0 Å². The van der Waals surface area contributed by atoms with E-state index in [-0.39, 0.29) is 11.5 Å². The van der Waals surface area contributed by atoms with Gasteiger partial charge in [0.25, 0.3) is 0 Å². The summed E-state index contributed by atoms with van der Waals surface area (Å²) in [4.78, 5) is 13.9. The Hall–Kier alpha value is -2.31. The van der Waals surface area contributed by atoms with Gasteiger partial charge in [-0.25, -0.2) is 0 Å². The Kier molecular flexibility index (Phi) is 5.18. The van der Waals surface area contributed by atoms with Crippen LogP contribution in [0.25, 0.3) is 11.3 Å². The van der Waals surface area contributed by atoms with Crippen molar-refractivity contribution in [2.24, 2.45) is 0 Å². The molecule has 6 heteroatoms. The Balaban J connectivity index is 1.34. The molecule has 4 rings (SSSR count). The number of ether oxygens (including phenoxy) is 2. The summed E-state index contributed by atoms with van der Waals surface area (Å²) in [6.45, 7) is 3.82. The number of hydrogen-bond acceptors (Lipinski definition) is 5. The average molecular weight is 370 g/mol. The van der Waals surface area contributed by atoms with E-state index in [1.54, 1.807) is 7.11 Å². The van der Waals surface area contributed by atoms with Crippen molar-refractivity contribution in [1.29, 1.82) is 0 Å². The quantitative estimate of drug-likeness (QED) is 0.897. The standard InChI is InChI=1S/C21H26N2O4/c1-25-17-4-2-16(3-5-17)19-7-6-18(27-19)14-23-11-9-21(10-12-23)15-22-20(24)8-13-26-21/h2-7H,8-15H2,1H3,(H,22,24). The molecular weight excluding hydrogens is 344 g/mol. The van der Waals surface area contributed by atoms with E-state index in [1.165, 1.54) is 0 Å². The summed E-state index contributed by atoms with van der Waals surface area (Å²) >= 11 is 0. The first-order valence-electron chi connectivity index (χ1n) is 9.52. The number of furan rings is 1. The van der Waals surface area contributed by atoms with Crippen LogP contribution >= 0.6 is 0 Å². The summed E-state index contributed by atoms with van der Waals surface area (Å²) in [5.41, 5.74) is 0.849. The Morgan fingerprint density at radius 1 is 1.15 bits per heavy atom. The first kappa shape index (κ1) is 18.1. The molecule has 3 heterocycles. The van der Waals surface area contributed by atoms with E-state index in [4.69, 9.17) is 13.9 Å². The summed E-state index contributed by atoms with van der Waals surface area (Å²) in [7, 11) is 1.66. The molecule has 0 bridgehead atoms. The van der Waals surface area contributed by atoms with Gasteiger partial charge >= 0.3 is 0 Å². The lowest BCUT2D eigenvalue weighted by Gasteiger charge is -2.40. The van der Waals surface area contributed by atoms with E-state index in [9.17, 15) is 4.79 Å². The highest BCUT2D eigenvalue weighted by atomic mass is 16.5. The molecule has 0 aliphatic carbocycles. The second-order valence-corrected chi connectivity index (χ2v) is 7.33. The molecular formula is C21H26N2O4. The fourth-order valence-electron chi connectivity index (χ4n) is 3.79. The zero-order chi connectivity index (χ0) is 18.7. The predicted molar refractivity (Wildman–Crippen MR) is 102 cm³/mol. The van der Waals surface area contributed by atoms with E-state index in [1.807, 2.05) is 36.4 Å². The molecule has 2 saturated heterocycles. The summed E-state index contributed by atoms with van der Waals surface area (Å²) < 4.78 is 17.3. The average Bonchev–Trinajstić information content (AvgIpc) is 3.09. The first-order valence-corrected chi connectivity index (χ1v) is 9.52. The largest absolute Gasteiger partial charge is 0.497 e. The number of hydrogen-bond donors (Lipinski definition) is 1. The fraction of sp³-hybridized carbons (Fsp3) is 0.476. The van der Waals surface area contributed by atoms with Gasteiger partial charge in [-0.05, 0) is 49.2 Å². The Morgan fingerprint density at radius 2 is 1.93 bits per heavy atom.